The smallest absolute Gasteiger partial charge is 0.334 e. The summed E-state index contributed by atoms with van der Waals surface area (Å²) >= 11 is 0. The average molecular weight is 623 g/mol. The molecule has 0 unspecified atom stereocenters. The van der Waals surface area contributed by atoms with Crippen LogP contribution in [0.4, 0.5) is 0 Å². The molecule has 6 atom stereocenters. The van der Waals surface area contributed by atoms with Crippen LogP contribution in [0.3, 0.4) is 0 Å². The van der Waals surface area contributed by atoms with Crippen molar-refractivity contribution < 1.29 is 34.0 Å². The van der Waals surface area contributed by atoms with E-state index in [0.29, 0.717) is 12.8 Å². The van der Waals surface area contributed by atoms with Crippen molar-refractivity contribution in [1.29, 1.82) is 0 Å². The molecule has 0 saturated carbocycles. The van der Waals surface area contributed by atoms with E-state index in [9.17, 15) is 19.8 Å². The molecule has 7 heteroatoms. The minimum atomic E-state index is -0.530. The van der Waals surface area contributed by atoms with Gasteiger partial charge < -0.3 is 24.4 Å². The lowest BCUT2D eigenvalue weighted by molar-refractivity contribution is -0.159. The summed E-state index contributed by atoms with van der Waals surface area (Å²) in [6.45, 7) is 5.56. The van der Waals surface area contributed by atoms with Gasteiger partial charge in [-0.1, -0.05) is 116 Å². The Hall–Kier alpha value is -1.44. The Balaban J connectivity index is 1.52. The van der Waals surface area contributed by atoms with E-state index in [4.69, 9.17) is 14.2 Å². The Kier molecular flexibility index (Phi) is 21.0. The third-order valence-electron chi connectivity index (χ3n) is 9.33. The van der Waals surface area contributed by atoms with Crippen molar-refractivity contribution in [2.45, 2.75) is 211 Å². The van der Waals surface area contributed by atoms with E-state index in [1.807, 2.05) is 13.0 Å². The highest BCUT2D eigenvalue weighted by Gasteiger charge is 2.37. The maximum Gasteiger partial charge on any atom is 0.334 e. The Morgan fingerprint density at radius 1 is 0.818 bits per heavy atom. The van der Waals surface area contributed by atoms with E-state index in [2.05, 4.69) is 6.92 Å². The fraction of sp³-hybridized carbons (Fsp3) is 0.892. The van der Waals surface area contributed by atoms with E-state index in [1.165, 1.54) is 77.6 Å². The summed E-state index contributed by atoms with van der Waals surface area (Å²) in [5.74, 6) is -0.498. The molecule has 0 bridgehead atoms. The summed E-state index contributed by atoms with van der Waals surface area (Å²) in [4.78, 5) is 23.5. The lowest BCUT2D eigenvalue weighted by Crippen LogP contribution is -2.36. The molecular weight excluding hydrogens is 556 g/mol. The quantitative estimate of drug-likeness (QED) is 0.0698. The highest BCUT2D eigenvalue weighted by molar-refractivity contribution is 5.90. The Morgan fingerprint density at radius 2 is 1.34 bits per heavy atom. The van der Waals surface area contributed by atoms with Crippen LogP contribution in [-0.4, -0.2) is 58.8 Å². The first-order valence-electron chi connectivity index (χ1n) is 18.4. The zero-order valence-corrected chi connectivity index (χ0v) is 28.4. The van der Waals surface area contributed by atoms with Gasteiger partial charge in [0.15, 0.2) is 0 Å². The minimum Gasteiger partial charge on any atom is -0.460 e. The second kappa shape index (κ2) is 23.8. The van der Waals surface area contributed by atoms with Crippen LogP contribution in [0.2, 0.25) is 0 Å². The highest BCUT2D eigenvalue weighted by atomic mass is 16.6. The summed E-state index contributed by atoms with van der Waals surface area (Å²) in [7, 11) is 0. The Morgan fingerprint density at radius 3 is 1.89 bits per heavy atom. The third-order valence-corrected chi connectivity index (χ3v) is 9.33. The molecule has 0 aliphatic carbocycles. The van der Waals surface area contributed by atoms with Crippen LogP contribution in [0.1, 0.15) is 175 Å². The molecule has 2 heterocycles. The van der Waals surface area contributed by atoms with Gasteiger partial charge in [-0.15, -0.1) is 0 Å². The Labute approximate surface area is 268 Å². The molecule has 0 amide bonds. The normalized spacial score (nSPS) is 22.1. The third kappa shape index (κ3) is 17.3. The molecule has 0 radical (unpaired) electrons. The number of aliphatic hydroxyl groups is 2. The highest BCUT2D eigenvalue weighted by Crippen LogP contribution is 2.30. The predicted molar refractivity (Wildman–Crippen MR) is 176 cm³/mol. The lowest BCUT2D eigenvalue weighted by atomic mass is 9.98. The van der Waals surface area contributed by atoms with Gasteiger partial charge >= 0.3 is 11.9 Å². The number of unbranched alkanes of at least 4 members (excludes halogenated alkanes) is 16. The first-order chi connectivity index (χ1) is 21.3. The number of carbonyl (C=O) groups is 2. The molecule has 2 aliphatic rings. The Bertz CT molecular complexity index is 797. The number of rotatable bonds is 27. The predicted octanol–water partition coefficient (Wildman–Crippen LogP) is 8.66. The minimum absolute atomic E-state index is 0.0742. The fourth-order valence-electron chi connectivity index (χ4n) is 6.72. The molecule has 2 aliphatic heterocycles. The van der Waals surface area contributed by atoms with Gasteiger partial charge in [-0.3, -0.25) is 4.79 Å². The monoisotopic (exact) mass is 622 g/mol. The SMILES string of the molecule is CCCCCCCCCCCC[C@H](O)[C@H]1CC[C@@H]([C@H](C[C@H](O)CCCCCCCCCCC2=C[C@@H](C)OC2=O)OC(C)=O)O1. The van der Waals surface area contributed by atoms with Gasteiger partial charge in [-0.05, 0) is 51.5 Å². The van der Waals surface area contributed by atoms with Crippen LogP contribution in [0.5, 0.6) is 0 Å². The van der Waals surface area contributed by atoms with E-state index >= 15 is 0 Å². The van der Waals surface area contributed by atoms with Gasteiger partial charge in [0.25, 0.3) is 0 Å². The molecule has 0 aromatic carbocycles. The number of aliphatic hydroxyl groups excluding tert-OH is 2. The molecule has 0 aromatic heterocycles. The molecule has 1 fully saturated rings. The van der Waals surface area contributed by atoms with Crippen molar-refractivity contribution in [3.63, 3.8) is 0 Å². The number of hydrogen-bond acceptors (Lipinski definition) is 7. The topological polar surface area (TPSA) is 102 Å². The van der Waals surface area contributed by atoms with Crippen LogP contribution in [0, 0.1) is 0 Å². The molecule has 44 heavy (non-hydrogen) atoms. The van der Waals surface area contributed by atoms with Crippen LogP contribution >= 0.6 is 0 Å². The fourth-order valence-corrected chi connectivity index (χ4v) is 6.72. The molecule has 256 valence electrons. The summed E-state index contributed by atoms with van der Waals surface area (Å²) in [6, 6.07) is 0. The van der Waals surface area contributed by atoms with Gasteiger partial charge in [0.1, 0.15) is 12.2 Å². The first-order valence-corrected chi connectivity index (χ1v) is 18.4. The summed E-state index contributed by atoms with van der Waals surface area (Å²) in [6.07, 6.45) is 25.7. The number of cyclic esters (lactones) is 1. The summed E-state index contributed by atoms with van der Waals surface area (Å²) < 4.78 is 16.9. The molecule has 2 rings (SSSR count). The maximum atomic E-state index is 11.8. The van der Waals surface area contributed by atoms with Gasteiger partial charge in [-0.25, -0.2) is 4.79 Å². The standard InChI is InChI=1S/C37H66O7/c1-4-5-6-7-8-9-10-15-18-21-24-33(40)34-25-26-35(44-34)36(43-30(3)38)28-32(39)23-20-17-14-12-11-13-16-19-22-31-27-29(2)42-37(31)41/h27,29,32-36,39-40H,4-26,28H2,1-3H3/t29-,32-,33+,34-,35+,36+/m1/s1. The summed E-state index contributed by atoms with van der Waals surface area (Å²) in [5.41, 5.74) is 0.837. The molecular formula is C37H66O7. The molecule has 0 aromatic rings. The number of esters is 2. The average Bonchev–Trinajstić information content (AvgIpc) is 3.60. The van der Waals surface area contributed by atoms with E-state index in [-0.39, 0.29) is 30.3 Å². The first kappa shape index (κ1) is 38.7. The van der Waals surface area contributed by atoms with E-state index in [1.54, 1.807) is 0 Å². The van der Waals surface area contributed by atoms with Gasteiger partial charge in [0.2, 0.25) is 0 Å². The van der Waals surface area contributed by atoms with Crippen LogP contribution in [0.15, 0.2) is 11.6 Å². The van der Waals surface area contributed by atoms with Crippen LogP contribution in [-0.2, 0) is 23.8 Å². The van der Waals surface area contributed by atoms with E-state index < -0.39 is 18.3 Å². The van der Waals surface area contributed by atoms with Crippen molar-refractivity contribution in [2.24, 2.45) is 0 Å². The molecule has 1 saturated heterocycles. The van der Waals surface area contributed by atoms with Crippen molar-refractivity contribution >= 4 is 11.9 Å². The van der Waals surface area contributed by atoms with Gasteiger partial charge in [0.05, 0.1) is 24.4 Å². The van der Waals surface area contributed by atoms with Gasteiger partial charge in [0, 0.05) is 18.9 Å². The number of ether oxygens (including phenoxy) is 3. The van der Waals surface area contributed by atoms with Gasteiger partial charge in [-0.2, -0.15) is 0 Å². The van der Waals surface area contributed by atoms with E-state index in [0.717, 1.165) is 76.2 Å². The molecule has 7 nitrogen and oxygen atoms in total. The van der Waals surface area contributed by atoms with Crippen molar-refractivity contribution in [3.8, 4) is 0 Å². The largest absolute Gasteiger partial charge is 0.460 e. The van der Waals surface area contributed by atoms with Crippen molar-refractivity contribution in [1.82, 2.24) is 0 Å². The second-order valence-corrected chi connectivity index (χ2v) is 13.5. The maximum absolute atomic E-state index is 11.8. The van der Waals surface area contributed by atoms with Crippen LogP contribution < -0.4 is 0 Å². The summed E-state index contributed by atoms with van der Waals surface area (Å²) in [5, 5.41) is 21.5. The zero-order chi connectivity index (χ0) is 32.0. The molecule has 0 spiro atoms. The second-order valence-electron chi connectivity index (χ2n) is 13.5. The zero-order valence-electron chi connectivity index (χ0n) is 28.4. The lowest BCUT2D eigenvalue weighted by Gasteiger charge is -2.27. The van der Waals surface area contributed by atoms with Crippen LogP contribution in [0.25, 0.3) is 0 Å². The number of hydrogen-bond donors (Lipinski definition) is 2. The van der Waals surface area contributed by atoms with Crippen molar-refractivity contribution in [3.05, 3.63) is 11.6 Å². The number of carbonyl (C=O) groups excluding carboxylic acids is 2. The molecule has 2 N–H and O–H groups in total. The van der Waals surface area contributed by atoms with Crippen molar-refractivity contribution in [2.75, 3.05) is 0 Å².